The molecular weight excluding hydrogens is 1060 g/mol. The van der Waals surface area contributed by atoms with Crippen LogP contribution in [-0.4, -0.2) is 138 Å². The molecule has 1 saturated carbocycles. The number of amides is 9. The van der Waals surface area contributed by atoms with Crippen LogP contribution in [0, 0.1) is 5.92 Å². The van der Waals surface area contributed by atoms with Gasteiger partial charge in [0.25, 0.3) is 0 Å². The molecule has 434 valence electrons. The van der Waals surface area contributed by atoms with Crippen molar-refractivity contribution in [2.75, 3.05) is 25.4 Å². The highest BCUT2D eigenvalue weighted by atomic mass is 33.1. The number of carbonyl (C=O) groups excluding carboxylic acids is 9. The molecule has 0 aromatic heterocycles. The molecule has 25 nitrogen and oxygen atoms in total. The predicted molar refractivity (Wildman–Crippen MR) is 303 cm³/mol. The number of aliphatic imine (C=N–C) groups is 2. The van der Waals surface area contributed by atoms with Crippen LogP contribution >= 0.6 is 21.6 Å². The number of guanidine groups is 2. The molecule has 1 aliphatic carbocycles. The number of rotatable bonds is 22. The van der Waals surface area contributed by atoms with Gasteiger partial charge < -0.3 is 76.4 Å². The van der Waals surface area contributed by atoms with Gasteiger partial charge in [0.1, 0.15) is 48.0 Å². The number of hydrogen-bond donors (Lipinski definition) is 13. The van der Waals surface area contributed by atoms with E-state index < -0.39 is 113 Å². The Hall–Kier alpha value is -7.29. The third-order valence-corrected chi connectivity index (χ3v) is 16.4. The molecule has 2 fully saturated rings. The highest BCUT2D eigenvalue weighted by Crippen LogP contribution is 2.48. The summed E-state index contributed by atoms with van der Waals surface area (Å²) in [5.41, 5.74) is 34.6. The minimum Gasteiger partial charge on any atom is -0.494 e. The molecule has 0 unspecified atom stereocenters. The van der Waals surface area contributed by atoms with Gasteiger partial charge in [0.15, 0.2) is 11.9 Å². The molecule has 1 aliphatic heterocycles. The van der Waals surface area contributed by atoms with Crippen molar-refractivity contribution in [1.82, 2.24) is 37.2 Å². The summed E-state index contributed by atoms with van der Waals surface area (Å²) in [7, 11) is 2.51. The van der Waals surface area contributed by atoms with E-state index in [1.807, 2.05) is 6.92 Å². The van der Waals surface area contributed by atoms with E-state index in [2.05, 4.69) is 47.2 Å². The first-order valence-corrected chi connectivity index (χ1v) is 28.8. The average molecular weight is 1140 g/mol. The van der Waals surface area contributed by atoms with Crippen molar-refractivity contribution in [1.29, 1.82) is 0 Å². The lowest BCUT2D eigenvalue weighted by atomic mass is 9.85. The van der Waals surface area contributed by atoms with Gasteiger partial charge in [0.05, 0.1) is 13.0 Å². The smallest absolute Gasteiger partial charge is 0.244 e. The zero-order valence-corrected chi connectivity index (χ0v) is 46.7. The standard InChI is InChI=1S/C52H79N15O10S2/c1-4-77-33-19-17-32(18-20-33)26-36-45(72)64-37(25-31-13-7-5-8-14-31)47(74)67-42(30(2)3)49(76)65-38(27-40(53)68)46(73)66-39(29-78-79-52(28-41(69)61-36)21-9-6-10-22-52)48(75)63-35(16-12-24-60-51(57)58)44(71)62-34(43(54)70)15-11-23-59-50(55)56/h5,7-8,13-14,17-20,30,34-39,42H,4,6,9-12,15-16,21-29H2,1-3H3,(H2,53,68)(H2,54,70)(H,61,69)(H,62,71)(H,63,75)(H,64,72)(H,65,76)(H,66,73)(H,67,74)(H4,55,56,59)(H4,57,58,60)/t34-,35-,36-,37+,38+,39+,42-/m0/s1. The van der Waals surface area contributed by atoms with Crippen LogP contribution in [0.2, 0.25) is 0 Å². The van der Waals surface area contributed by atoms with Crippen molar-refractivity contribution in [3.8, 4) is 5.75 Å². The summed E-state index contributed by atoms with van der Waals surface area (Å²) in [4.78, 5) is 134. The molecule has 2 aromatic rings. The third-order valence-electron chi connectivity index (χ3n) is 13.1. The summed E-state index contributed by atoms with van der Waals surface area (Å²) in [6.07, 6.45) is 3.17. The topological polar surface area (TPSA) is 428 Å². The van der Waals surface area contributed by atoms with Gasteiger partial charge in [-0.1, -0.05) is 97.2 Å². The number of ether oxygens (including phenoxy) is 1. The Morgan fingerprint density at radius 1 is 0.684 bits per heavy atom. The fraction of sp³-hybridized carbons (Fsp3) is 0.558. The van der Waals surface area contributed by atoms with Crippen molar-refractivity contribution in [2.24, 2.45) is 50.3 Å². The summed E-state index contributed by atoms with van der Waals surface area (Å²) in [5.74, 6) is -7.93. The second-order valence-corrected chi connectivity index (χ2v) is 22.7. The first-order valence-electron chi connectivity index (χ1n) is 26.4. The van der Waals surface area contributed by atoms with Crippen LogP contribution in [0.3, 0.4) is 0 Å². The quantitative estimate of drug-likeness (QED) is 0.0287. The molecular formula is C52H79N15O10S2. The number of nitrogens with two attached hydrogens (primary N) is 6. The van der Waals surface area contributed by atoms with Crippen molar-refractivity contribution in [3.63, 3.8) is 0 Å². The van der Waals surface area contributed by atoms with Gasteiger partial charge in [-0.05, 0) is 74.6 Å². The molecule has 4 rings (SSSR count). The van der Waals surface area contributed by atoms with E-state index in [1.165, 1.54) is 21.6 Å². The summed E-state index contributed by atoms with van der Waals surface area (Å²) in [6.45, 7) is 5.74. The van der Waals surface area contributed by atoms with Crippen LogP contribution in [0.5, 0.6) is 5.75 Å². The monoisotopic (exact) mass is 1140 g/mol. The highest BCUT2D eigenvalue weighted by Gasteiger charge is 2.40. The van der Waals surface area contributed by atoms with E-state index in [1.54, 1.807) is 68.4 Å². The Bertz CT molecular complexity index is 2450. The van der Waals surface area contributed by atoms with Gasteiger partial charge in [0, 0.05) is 42.9 Å². The lowest BCUT2D eigenvalue weighted by Gasteiger charge is -2.36. The Kier molecular flexibility index (Phi) is 26.5. The SMILES string of the molecule is CCOc1ccc(C[C@@H]2NC(=O)CC3(CCCCC3)SSC[C@H](C(=O)N[C@@H](CCCN=C(N)N)C(=O)N[C@@H](CCCN=C(N)N)C(N)=O)NC(=O)[C@@H](CC(N)=O)NC(=O)[C@H](C(C)C)NC(=O)[C@@H](Cc3ccccc3)NC2=O)cc1. The number of carbonyl (C=O) groups is 9. The number of benzene rings is 2. The Balaban J connectivity index is 1.79. The van der Waals surface area contributed by atoms with Crippen molar-refractivity contribution in [2.45, 2.75) is 151 Å². The molecule has 0 bridgehead atoms. The largest absolute Gasteiger partial charge is 0.494 e. The van der Waals surface area contributed by atoms with E-state index in [9.17, 15) is 43.2 Å². The predicted octanol–water partition coefficient (Wildman–Crippen LogP) is -1.12. The maximum absolute atomic E-state index is 14.6. The van der Waals surface area contributed by atoms with E-state index >= 15 is 0 Å². The summed E-state index contributed by atoms with van der Waals surface area (Å²) >= 11 is 0. The minimum absolute atomic E-state index is 0.0209. The van der Waals surface area contributed by atoms with Crippen LogP contribution < -0.4 is 76.4 Å². The van der Waals surface area contributed by atoms with Crippen molar-refractivity contribution < 1.29 is 47.9 Å². The zero-order valence-electron chi connectivity index (χ0n) is 45.1. The molecule has 1 saturated heterocycles. The lowest BCUT2D eigenvalue weighted by Crippen LogP contribution is -2.61. The molecule has 0 radical (unpaired) electrons. The van der Waals surface area contributed by atoms with Gasteiger partial charge in [-0.3, -0.25) is 53.1 Å². The number of nitrogens with zero attached hydrogens (tertiary/aromatic N) is 2. The summed E-state index contributed by atoms with van der Waals surface area (Å²) in [5, 5.41) is 19.0. The third kappa shape index (κ3) is 22.5. The second-order valence-electron chi connectivity index (χ2n) is 19.9. The molecule has 19 N–H and O–H groups in total. The summed E-state index contributed by atoms with van der Waals surface area (Å²) < 4.78 is 4.90. The Morgan fingerprint density at radius 3 is 1.81 bits per heavy atom. The van der Waals surface area contributed by atoms with Gasteiger partial charge in [-0.25, -0.2) is 0 Å². The number of primary amides is 2. The maximum Gasteiger partial charge on any atom is 0.244 e. The van der Waals surface area contributed by atoms with Gasteiger partial charge in [-0.15, -0.1) is 0 Å². The molecule has 7 atom stereocenters. The molecule has 27 heteroatoms. The van der Waals surface area contributed by atoms with Crippen LogP contribution in [0.25, 0.3) is 0 Å². The van der Waals surface area contributed by atoms with E-state index in [0.29, 0.717) is 36.3 Å². The van der Waals surface area contributed by atoms with E-state index in [-0.39, 0.29) is 75.7 Å². The van der Waals surface area contributed by atoms with Gasteiger partial charge in [-0.2, -0.15) is 0 Å². The maximum atomic E-state index is 14.6. The number of hydrogen-bond acceptors (Lipinski definition) is 14. The van der Waals surface area contributed by atoms with Crippen molar-refractivity contribution >= 4 is 86.7 Å². The van der Waals surface area contributed by atoms with Crippen molar-refractivity contribution in [3.05, 3.63) is 65.7 Å². The van der Waals surface area contributed by atoms with Gasteiger partial charge >= 0.3 is 0 Å². The zero-order chi connectivity index (χ0) is 58.1. The minimum atomic E-state index is -1.69. The Labute approximate surface area is 468 Å². The van der Waals surface area contributed by atoms with E-state index in [4.69, 9.17) is 39.1 Å². The molecule has 2 aromatic carbocycles. The normalized spacial score (nSPS) is 21.3. The first-order chi connectivity index (χ1) is 37.6. The first kappa shape index (κ1) is 64.2. The fourth-order valence-electron chi connectivity index (χ4n) is 8.94. The lowest BCUT2D eigenvalue weighted by molar-refractivity contribution is -0.136. The number of nitrogens with one attached hydrogen (secondary N) is 7. The van der Waals surface area contributed by atoms with Crippen LogP contribution in [0.15, 0.2) is 64.6 Å². The molecule has 2 aliphatic rings. The molecule has 79 heavy (non-hydrogen) atoms. The average Bonchev–Trinajstić information content (AvgIpc) is 3.39. The molecule has 1 spiro atoms. The van der Waals surface area contributed by atoms with E-state index in [0.717, 1.165) is 19.3 Å². The Morgan fingerprint density at radius 2 is 1.24 bits per heavy atom. The summed E-state index contributed by atoms with van der Waals surface area (Å²) in [6, 6.07) is 6.38. The van der Waals surface area contributed by atoms with Crippen LogP contribution in [-0.2, 0) is 56.0 Å². The fourth-order valence-corrected chi connectivity index (χ4v) is 12.3. The highest BCUT2D eigenvalue weighted by molar-refractivity contribution is 8.77. The van der Waals surface area contributed by atoms with Crippen LogP contribution in [0.1, 0.15) is 103 Å². The molecule has 9 amide bonds. The second kappa shape index (κ2) is 32.6. The molecule has 1 heterocycles. The van der Waals surface area contributed by atoms with Crippen LogP contribution in [0.4, 0.5) is 0 Å². The van der Waals surface area contributed by atoms with Gasteiger partial charge in [0.2, 0.25) is 53.2 Å².